The quantitative estimate of drug-likeness (QED) is 0.381. The van der Waals surface area contributed by atoms with Crippen molar-refractivity contribution < 1.29 is 27.6 Å². The van der Waals surface area contributed by atoms with Crippen molar-refractivity contribution in [1.29, 1.82) is 5.26 Å². The lowest BCUT2D eigenvalue weighted by atomic mass is 10.0. The molecule has 1 saturated heterocycles. The maximum atomic E-state index is 14.4. The zero-order valence-corrected chi connectivity index (χ0v) is 22.1. The van der Waals surface area contributed by atoms with E-state index in [2.05, 4.69) is 16.7 Å². The molecule has 0 saturated carbocycles. The van der Waals surface area contributed by atoms with Gasteiger partial charge in [0.2, 0.25) is 17.7 Å². The van der Waals surface area contributed by atoms with Crippen LogP contribution in [0.4, 0.5) is 13.2 Å². The topological polar surface area (TPSA) is 128 Å². The molecular formula is C27H31ClF3N5O3. The van der Waals surface area contributed by atoms with E-state index in [0.29, 0.717) is 31.5 Å². The molecule has 12 heteroatoms. The van der Waals surface area contributed by atoms with Crippen LogP contribution in [0.25, 0.3) is 0 Å². The van der Waals surface area contributed by atoms with Gasteiger partial charge in [-0.1, -0.05) is 30.3 Å². The van der Waals surface area contributed by atoms with E-state index in [1.165, 1.54) is 11.8 Å². The number of nitriles is 1. The van der Waals surface area contributed by atoms with Crippen molar-refractivity contribution in [3.63, 3.8) is 0 Å². The monoisotopic (exact) mass is 565 g/mol. The highest BCUT2D eigenvalue weighted by Gasteiger charge is 2.31. The molecule has 1 heterocycles. The Kier molecular flexibility index (Phi) is 11.8. The summed E-state index contributed by atoms with van der Waals surface area (Å²) in [6.45, 7) is 1.79. The van der Waals surface area contributed by atoms with Crippen LogP contribution in [-0.2, 0) is 27.2 Å². The zero-order valence-electron chi connectivity index (χ0n) is 21.3. The molecule has 0 radical (unpaired) electrons. The number of nitrogens with one attached hydrogen (secondary N) is 2. The molecule has 3 amide bonds. The number of halogens is 4. The van der Waals surface area contributed by atoms with E-state index in [-0.39, 0.29) is 37.2 Å². The van der Waals surface area contributed by atoms with Gasteiger partial charge in [-0.05, 0) is 49.8 Å². The van der Waals surface area contributed by atoms with Gasteiger partial charge in [-0.15, -0.1) is 12.4 Å². The summed E-state index contributed by atoms with van der Waals surface area (Å²) in [7, 11) is 0. The Balaban J connectivity index is 0.00000533. The maximum absolute atomic E-state index is 14.4. The average Bonchev–Trinajstić information content (AvgIpc) is 3.37. The van der Waals surface area contributed by atoms with Gasteiger partial charge in [0.1, 0.15) is 17.9 Å². The molecule has 4 atom stereocenters. The van der Waals surface area contributed by atoms with Crippen molar-refractivity contribution in [3.05, 3.63) is 71.0 Å². The zero-order chi connectivity index (χ0) is 27.8. The van der Waals surface area contributed by atoms with Crippen LogP contribution in [0.15, 0.2) is 42.5 Å². The van der Waals surface area contributed by atoms with Crippen LogP contribution in [0, 0.1) is 28.8 Å². The fourth-order valence-electron chi connectivity index (χ4n) is 4.36. The number of hydrogen-bond donors (Lipinski definition) is 3. The third kappa shape index (κ3) is 8.70. The van der Waals surface area contributed by atoms with Gasteiger partial charge in [-0.2, -0.15) is 5.26 Å². The number of amides is 3. The first-order valence-electron chi connectivity index (χ1n) is 12.3. The highest BCUT2D eigenvalue weighted by atomic mass is 35.5. The Labute approximate surface area is 231 Å². The Morgan fingerprint density at radius 3 is 2.38 bits per heavy atom. The summed E-state index contributed by atoms with van der Waals surface area (Å²) >= 11 is 0. The van der Waals surface area contributed by atoms with Gasteiger partial charge in [0.15, 0.2) is 11.6 Å². The molecule has 39 heavy (non-hydrogen) atoms. The Morgan fingerprint density at radius 2 is 1.72 bits per heavy atom. The van der Waals surface area contributed by atoms with Gasteiger partial charge in [0.25, 0.3) is 0 Å². The summed E-state index contributed by atoms with van der Waals surface area (Å²) in [4.78, 5) is 39.8. The van der Waals surface area contributed by atoms with Gasteiger partial charge < -0.3 is 21.3 Å². The van der Waals surface area contributed by atoms with Crippen LogP contribution in [0.5, 0.6) is 0 Å². The molecule has 3 unspecified atom stereocenters. The predicted molar refractivity (Wildman–Crippen MR) is 140 cm³/mol. The molecular weight excluding hydrogens is 535 g/mol. The van der Waals surface area contributed by atoms with Gasteiger partial charge in [0, 0.05) is 25.1 Å². The smallest absolute Gasteiger partial charge is 0.242 e. The molecule has 210 valence electrons. The summed E-state index contributed by atoms with van der Waals surface area (Å²) in [5.41, 5.74) is 6.59. The van der Waals surface area contributed by atoms with Crippen molar-refractivity contribution in [3.8, 4) is 6.07 Å². The minimum atomic E-state index is -1.36. The SMILES string of the molecule is CC(NC(=O)C(N)Cc1ccccc1)C(=O)N[C@@H](CC(=O)N1CCCC1C#N)Cc1cc(F)c(F)cc1F.Cl. The average molecular weight is 566 g/mol. The molecule has 1 aliphatic heterocycles. The van der Waals surface area contributed by atoms with Gasteiger partial charge in [-0.25, -0.2) is 13.2 Å². The predicted octanol–water partition coefficient (Wildman–Crippen LogP) is 2.53. The highest BCUT2D eigenvalue weighted by Crippen LogP contribution is 2.20. The minimum absolute atomic E-state index is 0. The van der Waals surface area contributed by atoms with Crippen molar-refractivity contribution >= 4 is 30.1 Å². The van der Waals surface area contributed by atoms with Crippen LogP contribution in [0.1, 0.15) is 37.3 Å². The molecule has 0 spiro atoms. The number of carbonyl (C=O) groups is 3. The largest absolute Gasteiger partial charge is 0.351 e. The standard InChI is InChI=1S/C27H30F3N5O3.ClH/c1-16(33-27(38)24(32)10-17-6-3-2-4-7-17)26(37)34-19(11-18-12-22(29)23(30)14-21(18)28)13-25(36)35-9-5-8-20(35)15-31;/h2-4,6-7,12,14,16,19-20,24H,5,8-11,13,32H2,1H3,(H,33,38)(H,34,37);1H/t16?,19-,20?,24?;/m1./s1. The molecule has 0 bridgehead atoms. The highest BCUT2D eigenvalue weighted by molar-refractivity contribution is 5.90. The van der Waals surface area contributed by atoms with Crippen LogP contribution in [-0.4, -0.2) is 53.3 Å². The number of rotatable bonds is 10. The summed E-state index contributed by atoms with van der Waals surface area (Å²) < 4.78 is 41.5. The van der Waals surface area contributed by atoms with Crippen molar-refractivity contribution in [1.82, 2.24) is 15.5 Å². The lowest BCUT2D eigenvalue weighted by Crippen LogP contribution is -2.53. The van der Waals surface area contributed by atoms with E-state index in [4.69, 9.17) is 5.73 Å². The molecule has 1 fully saturated rings. The van der Waals surface area contributed by atoms with Crippen molar-refractivity contribution in [2.45, 2.75) is 63.2 Å². The number of benzene rings is 2. The number of nitrogens with two attached hydrogens (primary N) is 1. The van der Waals surface area contributed by atoms with Crippen molar-refractivity contribution in [2.75, 3.05) is 6.54 Å². The molecule has 1 aliphatic rings. The van der Waals surface area contributed by atoms with Crippen molar-refractivity contribution in [2.24, 2.45) is 5.73 Å². The molecule has 2 aromatic carbocycles. The van der Waals surface area contributed by atoms with E-state index >= 15 is 0 Å². The van der Waals surface area contributed by atoms with Crippen LogP contribution in [0.2, 0.25) is 0 Å². The molecule has 0 aromatic heterocycles. The molecule has 2 aromatic rings. The number of likely N-dealkylation sites (tertiary alicyclic amines) is 1. The number of hydrogen-bond acceptors (Lipinski definition) is 5. The van der Waals surface area contributed by atoms with Crippen LogP contribution < -0.4 is 16.4 Å². The Hall–Kier alpha value is -3.62. The Bertz CT molecular complexity index is 1210. The molecule has 4 N–H and O–H groups in total. The summed E-state index contributed by atoms with van der Waals surface area (Å²) in [5.74, 6) is -5.34. The van der Waals surface area contributed by atoms with E-state index < -0.39 is 59.3 Å². The fourth-order valence-corrected chi connectivity index (χ4v) is 4.36. The summed E-state index contributed by atoms with van der Waals surface area (Å²) in [6.07, 6.45) is 0.786. The Morgan fingerprint density at radius 1 is 1.05 bits per heavy atom. The first-order chi connectivity index (χ1) is 18.1. The number of carbonyl (C=O) groups excluding carboxylic acids is 3. The lowest BCUT2D eigenvalue weighted by Gasteiger charge is -2.26. The molecule has 8 nitrogen and oxygen atoms in total. The second kappa shape index (κ2) is 14.5. The molecule has 0 aliphatic carbocycles. The first-order valence-corrected chi connectivity index (χ1v) is 12.3. The fraction of sp³-hybridized carbons (Fsp3) is 0.407. The number of nitrogens with zero attached hydrogens (tertiary/aromatic N) is 2. The van der Waals surface area contributed by atoms with Gasteiger partial charge >= 0.3 is 0 Å². The van der Waals surface area contributed by atoms with E-state index in [0.717, 1.165) is 5.56 Å². The second-order valence-electron chi connectivity index (χ2n) is 9.37. The molecule has 3 rings (SSSR count). The third-order valence-electron chi connectivity index (χ3n) is 6.43. The first kappa shape index (κ1) is 31.6. The van der Waals surface area contributed by atoms with Crippen LogP contribution >= 0.6 is 12.4 Å². The minimum Gasteiger partial charge on any atom is -0.351 e. The van der Waals surface area contributed by atoms with E-state index in [1.807, 2.05) is 30.3 Å². The lowest BCUT2D eigenvalue weighted by molar-refractivity contribution is -0.133. The maximum Gasteiger partial charge on any atom is 0.242 e. The van der Waals surface area contributed by atoms with Gasteiger partial charge in [-0.3, -0.25) is 14.4 Å². The second-order valence-corrected chi connectivity index (χ2v) is 9.37. The van der Waals surface area contributed by atoms with Crippen LogP contribution in [0.3, 0.4) is 0 Å². The van der Waals surface area contributed by atoms with Gasteiger partial charge in [0.05, 0.1) is 12.1 Å². The third-order valence-corrected chi connectivity index (χ3v) is 6.43. The summed E-state index contributed by atoms with van der Waals surface area (Å²) in [6, 6.07) is 8.62. The van der Waals surface area contributed by atoms with E-state index in [1.54, 1.807) is 0 Å². The normalized spacial score (nSPS) is 16.8. The van der Waals surface area contributed by atoms with E-state index in [9.17, 15) is 32.8 Å². The summed E-state index contributed by atoms with van der Waals surface area (Å²) in [5, 5.41) is 14.4.